The molecule has 0 aliphatic carbocycles. The van der Waals surface area contributed by atoms with Gasteiger partial charge in [-0.05, 0) is 36.4 Å². The fourth-order valence-corrected chi connectivity index (χ4v) is 2.85. The first-order valence-electron chi connectivity index (χ1n) is 7.77. The third kappa shape index (κ3) is 3.05. The minimum absolute atomic E-state index is 0.574. The van der Waals surface area contributed by atoms with E-state index in [1.165, 1.54) is 0 Å². The summed E-state index contributed by atoms with van der Waals surface area (Å²) in [6.45, 7) is 1.75. The average Bonchev–Trinajstić information content (AvgIpc) is 3.09. The van der Waals surface area contributed by atoms with E-state index in [9.17, 15) is 0 Å². The van der Waals surface area contributed by atoms with Crippen molar-refractivity contribution in [3.63, 3.8) is 0 Å². The van der Waals surface area contributed by atoms with Crippen LogP contribution in [0.4, 0.5) is 5.69 Å². The molecule has 5 heteroatoms. The minimum atomic E-state index is 0.574. The summed E-state index contributed by atoms with van der Waals surface area (Å²) >= 11 is 6.21. The molecule has 1 aliphatic rings. The summed E-state index contributed by atoms with van der Waals surface area (Å²) in [4.78, 5) is 0. The van der Waals surface area contributed by atoms with Gasteiger partial charge in [0.15, 0.2) is 11.5 Å². The maximum atomic E-state index is 6.21. The van der Waals surface area contributed by atoms with E-state index in [0.717, 1.165) is 34.3 Å². The largest absolute Gasteiger partial charge is 0.486 e. The molecule has 1 aliphatic heterocycles. The summed E-state index contributed by atoms with van der Waals surface area (Å²) in [6.07, 6.45) is 0. The first-order valence-corrected chi connectivity index (χ1v) is 8.14. The standard InChI is InChI=1S/C19H16ClNO3/c20-16-4-2-1-3-15(16)17-8-6-14(24-17)12-21-13-5-7-18-19(11-13)23-10-9-22-18/h1-8,11,21H,9-10,12H2. The monoisotopic (exact) mass is 341 g/mol. The Morgan fingerprint density at radius 3 is 2.62 bits per heavy atom. The fraction of sp³-hybridized carbons (Fsp3) is 0.158. The summed E-state index contributed by atoms with van der Waals surface area (Å²) in [5.41, 5.74) is 1.85. The van der Waals surface area contributed by atoms with Crippen molar-refractivity contribution in [1.82, 2.24) is 0 Å². The number of rotatable bonds is 4. The molecule has 0 atom stereocenters. The van der Waals surface area contributed by atoms with E-state index in [2.05, 4.69) is 5.32 Å². The molecule has 0 saturated heterocycles. The number of fused-ring (bicyclic) bond motifs is 1. The molecule has 0 spiro atoms. The summed E-state index contributed by atoms with van der Waals surface area (Å²) in [5, 5.41) is 4.01. The average molecular weight is 342 g/mol. The second kappa shape index (κ2) is 6.49. The normalized spacial score (nSPS) is 12.9. The first-order chi connectivity index (χ1) is 11.8. The van der Waals surface area contributed by atoms with E-state index >= 15 is 0 Å². The van der Waals surface area contributed by atoms with E-state index in [1.54, 1.807) is 0 Å². The molecule has 1 aromatic heterocycles. The number of nitrogens with one attached hydrogen (secondary N) is 1. The van der Waals surface area contributed by atoms with Gasteiger partial charge in [-0.3, -0.25) is 0 Å². The van der Waals surface area contributed by atoms with Crippen LogP contribution in [-0.2, 0) is 6.54 Å². The van der Waals surface area contributed by atoms with E-state index < -0.39 is 0 Å². The molecule has 122 valence electrons. The Hall–Kier alpha value is -2.59. The molecule has 4 nitrogen and oxygen atoms in total. The van der Waals surface area contributed by atoms with Crippen LogP contribution in [0.1, 0.15) is 5.76 Å². The molecule has 2 heterocycles. The van der Waals surface area contributed by atoms with Crippen molar-refractivity contribution < 1.29 is 13.9 Å². The Morgan fingerprint density at radius 1 is 0.917 bits per heavy atom. The number of benzene rings is 2. The predicted molar refractivity (Wildman–Crippen MR) is 93.9 cm³/mol. The van der Waals surface area contributed by atoms with Gasteiger partial charge in [-0.15, -0.1) is 0 Å². The molecule has 0 bridgehead atoms. The molecule has 4 rings (SSSR count). The Bertz CT molecular complexity index is 859. The van der Waals surface area contributed by atoms with Crippen molar-refractivity contribution in [2.45, 2.75) is 6.54 Å². The Morgan fingerprint density at radius 2 is 1.75 bits per heavy atom. The smallest absolute Gasteiger partial charge is 0.163 e. The summed E-state index contributed by atoms with van der Waals surface area (Å²) in [6, 6.07) is 17.3. The van der Waals surface area contributed by atoms with Crippen LogP contribution in [0.25, 0.3) is 11.3 Å². The molecule has 1 N–H and O–H groups in total. The molecular weight excluding hydrogens is 326 g/mol. The number of ether oxygens (including phenoxy) is 2. The van der Waals surface area contributed by atoms with Gasteiger partial charge in [0, 0.05) is 17.3 Å². The Balaban J connectivity index is 1.46. The number of hydrogen-bond acceptors (Lipinski definition) is 4. The SMILES string of the molecule is Clc1ccccc1-c1ccc(CNc2ccc3c(c2)OCCO3)o1. The number of hydrogen-bond donors (Lipinski definition) is 1. The zero-order valence-electron chi connectivity index (χ0n) is 12.9. The Labute approximate surface area is 145 Å². The maximum Gasteiger partial charge on any atom is 0.163 e. The highest BCUT2D eigenvalue weighted by Crippen LogP contribution is 2.33. The van der Waals surface area contributed by atoms with Gasteiger partial charge in [-0.2, -0.15) is 0 Å². The van der Waals surface area contributed by atoms with Crippen LogP contribution >= 0.6 is 11.6 Å². The van der Waals surface area contributed by atoms with Crippen molar-refractivity contribution in [2.75, 3.05) is 18.5 Å². The zero-order valence-corrected chi connectivity index (χ0v) is 13.7. The molecule has 24 heavy (non-hydrogen) atoms. The quantitative estimate of drug-likeness (QED) is 0.726. The fourth-order valence-electron chi connectivity index (χ4n) is 2.62. The topological polar surface area (TPSA) is 43.6 Å². The van der Waals surface area contributed by atoms with Gasteiger partial charge in [0.25, 0.3) is 0 Å². The van der Waals surface area contributed by atoms with Crippen molar-refractivity contribution in [1.29, 1.82) is 0 Å². The highest BCUT2D eigenvalue weighted by atomic mass is 35.5. The van der Waals surface area contributed by atoms with Gasteiger partial charge in [-0.25, -0.2) is 0 Å². The maximum absolute atomic E-state index is 6.21. The number of halogens is 1. The van der Waals surface area contributed by atoms with E-state index in [1.807, 2.05) is 54.6 Å². The molecule has 0 saturated carbocycles. The van der Waals surface area contributed by atoms with Crippen molar-refractivity contribution in [3.8, 4) is 22.8 Å². The van der Waals surface area contributed by atoms with Crippen LogP contribution in [0.2, 0.25) is 5.02 Å². The van der Waals surface area contributed by atoms with Gasteiger partial charge in [-0.1, -0.05) is 23.7 Å². The molecular formula is C19H16ClNO3. The van der Waals surface area contributed by atoms with E-state index in [-0.39, 0.29) is 0 Å². The highest BCUT2D eigenvalue weighted by Gasteiger charge is 2.12. The minimum Gasteiger partial charge on any atom is -0.486 e. The third-order valence-corrected chi connectivity index (χ3v) is 4.14. The van der Waals surface area contributed by atoms with Crippen LogP contribution in [0, 0.1) is 0 Å². The lowest BCUT2D eigenvalue weighted by atomic mass is 10.2. The zero-order chi connectivity index (χ0) is 16.4. The van der Waals surface area contributed by atoms with Crippen LogP contribution in [0.5, 0.6) is 11.5 Å². The van der Waals surface area contributed by atoms with Crippen molar-refractivity contribution in [2.24, 2.45) is 0 Å². The lowest BCUT2D eigenvalue weighted by molar-refractivity contribution is 0.171. The van der Waals surface area contributed by atoms with E-state index in [0.29, 0.717) is 24.8 Å². The van der Waals surface area contributed by atoms with Gasteiger partial charge >= 0.3 is 0 Å². The number of anilines is 1. The summed E-state index contributed by atoms with van der Waals surface area (Å²) in [5.74, 6) is 3.15. The number of furan rings is 1. The first kappa shape index (κ1) is 15.0. The molecule has 3 aromatic rings. The van der Waals surface area contributed by atoms with Crippen LogP contribution < -0.4 is 14.8 Å². The molecule has 2 aromatic carbocycles. The molecule has 0 fully saturated rings. The predicted octanol–water partition coefficient (Wildman–Crippen LogP) is 4.98. The second-order valence-electron chi connectivity index (χ2n) is 5.46. The lowest BCUT2D eigenvalue weighted by Crippen LogP contribution is -2.15. The van der Waals surface area contributed by atoms with Crippen LogP contribution in [0.15, 0.2) is 59.0 Å². The van der Waals surface area contributed by atoms with E-state index in [4.69, 9.17) is 25.5 Å². The molecule has 0 radical (unpaired) electrons. The van der Waals surface area contributed by atoms with Crippen LogP contribution in [-0.4, -0.2) is 13.2 Å². The summed E-state index contributed by atoms with van der Waals surface area (Å²) in [7, 11) is 0. The van der Waals surface area contributed by atoms with Gasteiger partial charge < -0.3 is 19.2 Å². The van der Waals surface area contributed by atoms with Gasteiger partial charge in [0.05, 0.1) is 11.6 Å². The lowest BCUT2D eigenvalue weighted by Gasteiger charge is -2.19. The molecule has 0 amide bonds. The summed E-state index contributed by atoms with van der Waals surface area (Å²) < 4.78 is 17.0. The molecule has 0 unspecified atom stereocenters. The van der Waals surface area contributed by atoms with Gasteiger partial charge in [0.2, 0.25) is 0 Å². The van der Waals surface area contributed by atoms with Crippen molar-refractivity contribution >= 4 is 17.3 Å². The van der Waals surface area contributed by atoms with Gasteiger partial charge in [0.1, 0.15) is 24.7 Å². The van der Waals surface area contributed by atoms with Crippen molar-refractivity contribution in [3.05, 3.63) is 65.4 Å². The highest BCUT2D eigenvalue weighted by molar-refractivity contribution is 6.33. The third-order valence-electron chi connectivity index (χ3n) is 3.81. The van der Waals surface area contributed by atoms with Crippen LogP contribution in [0.3, 0.4) is 0 Å². The Kier molecular flexibility index (Phi) is 4.05. The second-order valence-corrected chi connectivity index (χ2v) is 5.86.